The van der Waals surface area contributed by atoms with Crippen molar-refractivity contribution >= 4 is 15.7 Å². The molecule has 108 valence electrons. The van der Waals surface area contributed by atoms with Crippen molar-refractivity contribution in [3.05, 3.63) is 23.8 Å². The molecular formula is C12H20N2O4S. The Kier molecular flexibility index (Phi) is 5.74. The van der Waals surface area contributed by atoms with Crippen LogP contribution in [-0.2, 0) is 14.8 Å². The van der Waals surface area contributed by atoms with Crippen molar-refractivity contribution < 1.29 is 18.3 Å². The molecule has 19 heavy (non-hydrogen) atoms. The van der Waals surface area contributed by atoms with Crippen LogP contribution in [0.5, 0.6) is 0 Å². The molecule has 0 aromatic heterocycles. The lowest BCUT2D eigenvalue weighted by atomic mass is 10.2. The van der Waals surface area contributed by atoms with Crippen LogP contribution in [0.1, 0.15) is 12.0 Å². The Bertz CT molecular complexity index is 490. The first-order valence-corrected chi connectivity index (χ1v) is 7.36. The molecular weight excluding hydrogens is 268 g/mol. The van der Waals surface area contributed by atoms with E-state index in [2.05, 4.69) is 4.72 Å². The molecule has 0 heterocycles. The smallest absolute Gasteiger partial charge is 0.240 e. The number of aryl methyl sites for hydroxylation is 1. The number of benzene rings is 1. The zero-order valence-electron chi connectivity index (χ0n) is 11.1. The summed E-state index contributed by atoms with van der Waals surface area (Å²) in [4.78, 5) is 0.115. The number of hydrogen-bond donors (Lipinski definition) is 3. The van der Waals surface area contributed by atoms with Gasteiger partial charge in [-0.25, -0.2) is 13.1 Å². The van der Waals surface area contributed by atoms with Gasteiger partial charge < -0.3 is 15.6 Å². The van der Waals surface area contributed by atoms with E-state index >= 15 is 0 Å². The summed E-state index contributed by atoms with van der Waals surface area (Å²) in [7, 11) is -2.19. The minimum absolute atomic E-state index is 0.115. The molecule has 0 saturated carbocycles. The van der Waals surface area contributed by atoms with Gasteiger partial charge in [-0.1, -0.05) is 0 Å². The molecule has 0 fully saturated rings. The Balaban J connectivity index is 2.95. The van der Waals surface area contributed by atoms with Crippen LogP contribution in [0.25, 0.3) is 0 Å². The molecule has 1 unspecified atom stereocenters. The summed E-state index contributed by atoms with van der Waals surface area (Å²) in [5, 5.41) is 8.91. The molecule has 7 heteroatoms. The van der Waals surface area contributed by atoms with E-state index in [0.29, 0.717) is 5.69 Å². The van der Waals surface area contributed by atoms with Crippen molar-refractivity contribution in [1.29, 1.82) is 0 Å². The van der Waals surface area contributed by atoms with E-state index < -0.39 is 16.1 Å². The van der Waals surface area contributed by atoms with Crippen LogP contribution in [0.15, 0.2) is 23.1 Å². The topological polar surface area (TPSA) is 102 Å². The van der Waals surface area contributed by atoms with Crippen LogP contribution in [0.4, 0.5) is 5.69 Å². The number of ether oxygens (including phenoxy) is 1. The number of nitrogens with one attached hydrogen (secondary N) is 1. The third-order valence-corrected chi connectivity index (χ3v) is 4.05. The Labute approximate surface area is 113 Å². The average molecular weight is 288 g/mol. The highest BCUT2D eigenvalue weighted by Gasteiger charge is 2.20. The Morgan fingerprint density at radius 3 is 2.63 bits per heavy atom. The first-order valence-electron chi connectivity index (χ1n) is 5.88. The third-order valence-electron chi connectivity index (χ3n) is 2.55. The monoisotopic (exact) mass is 288 g/mol. The van der Waals surface area contributed by atoms with Crippen molar-refractivity contribution in [1.82, 2.24) is 4.72 Å². The minimum Gasteiger partial charge on any atom is -0.399 e. The molecule has 1 atom stereocenters. The first-order chi connectivity index (χ1) is 8.89. The van der Waals surface area contributed by atoms with Gasteiger partial charge in [0.15, 0.2) is 0 Å². The average Bonchev–Trinajstić information content (AvgIpc) is 2.27. The molecule has 0 aliphatic rings. The lowest BCUT2D eigenvalue weighted by Gasteiger charge is -2.17. The second-order valence-electron chi connectivity index (χ2n) is 4.37. The van der Waals surface area contributed by atoms with Crippen molar-refractivity contribution in [2.24, 2.45) is 0 Å². The Hall–Kier alpha value is -1.15. The van der Waals surface area contributed by atoms with Crippen molar-refractivity contribution in [2.45, 2.75) is 24.3 Å². The van der Waals surface area contributed by atoms with Gasteiger partial charge in [0.1, 0.15) is 0 Å². The maximum absolute atomic E-state index is 12.2. The zero-order valence-corrected chi connectivity index (χ0v) is 11.9. The van der Waals surface area contributed by atoms with E-state index in [1.54, 1.807) is 19.1 Å². The fraction of sp³-hybridized carbons (Fsp3) is 0.500. The largest absolute Gasteiger partial charge is 0.399 e. The molecule has 0 bridgehead atoms. The van der Waals surface area contributed by atoms with Gasteiger partial charge in [-0.2, -0.15) is 0 Å². The first kappa shape index (κ1) is 15.9. The van der Waals surface area contributed by atoms with E-state index in [0.717, 1.165) is 5.56 Å². The van der Waals surface area contributed by atoms with Crippen LogP contribution in [0.2, 0.25) is 0 Å². The van der Waals surface area contributed by atoms with Crippen LogP contribution >= 0.6 is 0 Å². The predicted octanol–water partition coefficient (Wildman–Crippen LogP) is 0.253. The summed E-state index contributed by atoms with van der Waals surface area (Å²) in [6, 6.07) is 4.17. The van der Waals surface area contributed by atoms with Gasteiger partial charge in [0.2, 0.25) is 10.0 Å². The molecule has 6 nitrogen and oxygen atoms in total. The van der Waals surface area contributed by atoms with Crippen LogP contribution in [0.3, 0.4) is 0 Å². The van der Waals surface area contributed by atoms with E-state index in [4.69, 9.17) is 15.6 Å². The fourth-order valence-electron chi connectivity index (χ4n) is 1.75. The van der Waals surface area contributed by atoms with Gasteiger partial charge in [0, 0.05) is 25.4 Å². The summed E-state index contributed by atoms with van der Waals surface area (Å²) in [5.74, 6) is 0. The van der Waals surface area contributed by atoms with Gasteiger partial charge in [0.25, 0.3) is 0 Å². The van der Waals surface area contributed by atoms with Crippen molar-refractivity contribution in [3.8, 4) is 0 Å². The summed E-state index contributed by atoms with van der Waals surface area (Å²) < 4.78 is 31.8. The Morgan fingerprint density at radius 1 is 1.42 bits per heavy atom. The van der Waals surface area contributed by atoms with E-state index in [1.165, 1.54) is 13.2 Å². The lowest BCUT2D eigenvalue weighted by molar-refractivity contribution is 0.158. The van der Waals surface area contributed by atoms with Gasteiger partial charge >= 0.3 is 0 Å². The number of aliphatic hydroxyl groups is 1. The van der Waals surface area contributed by atoms with Gasteiger partial charge in [0.05, 0.1) is 11.5 Å². The fourth-order valence-corrected chi connectivity index (χ4v) is 3.15. The molecule has 1 rings (SSSR count). The molecule has 0 spiro atoms. The molecule has 0 aliphatic carbocycles. The van der Waals surface area contributed by atoms with Gasteiger partial charge in [-0.05, 0) is 37.1 Å². The number of rotatable bonds is 7. The van der Waals surface area contributed by atoms with Crippen molar-refractivity contribution in [3.63, 3.8) is 0 Å². The van der Waals surface area contributed by atoms with Crippen molar-refractivity contribution in [2.75, 3.05) is 26.1 Å². The zero-order chi connectivity index (χ0) is 14.5. The highest BCUT2D eigenvalue weighted by atomic mass is 32.2. The van der Waals surface area contributed by atoms with E-state index in [9.17, 15) is 8.42 Å². The highest BCUT2D eigenvalue weighted by molar-refractivity contribution is 7.89. The summed E-state index contributed by atoms with van der Waals surface area (Å²) in [6.07, 6.45) is 0.286. The Morgan fingerprint density at radius 2 is 2.11 bits per heavy atom. The number of methoxy groups -OCH3 is 1. The molecule has 0 aliphatic heterocycles. The molecule has 0 amide bonds. The number of sulfonamides is 1. The quantitative estimate of drug-likeness (QED) is 0.624. The second kappa shape index (κ2) is 6.85. The van der Waals surface area contributed by atoms with Crippen LogP contribution < -0.4 is 10.5 Å². The lowest BCUT2D eigenvalue weighted by Crippen LogP contribution is -2.38. The third kappa shape index (κ3) is 4.79. The van der Waals surface area contributed by atoms with Gasteiger partial charge in [-0.15, -0.1) is 0 Å². The molecule has 0 radical (unpaired) electrons. The summed E-state index contributed by atoms with van der Waals surface area (Å²) in [6.45, 7) is 1.85. The normalized spacial score (nSPS) is 13.4. The maximum atomic E-state index is 12.2. The molecule has 1 aromatic carbocycles. The molecule has 4 N–H and O–H groups in total. The number of nitrogens with two attached hydrogens (primary N) is 1. The number of anilines is 1. The second-order valence-corrected chi connectivity index (χ2v) is 6.08. The molecule has 0 saturated heterocycles. The summed E-state index contributed by atoms with van der Waals surface area (Å²) >= 11 is 0. The maximum Gasteiger partial charge on any atom is 0.240 e. The van der Waals surface area contributed by atoms with E-state index in [1.807, 2.05) is 0 Å². The van der Waals surface area contributed by atoms with Crippen LogP contribution in [-0.4, -0.2) is 39.9 Å². The predicted molar refractivity (Wildman–Crippen MR) is 73.3 cm³/mol. The number of hydrogen-bond acceptors (Lipinski definition) is 5. The standard InChI is InChI=1S/C12H20N2O4S/c1-9-5-10(13)7-12(6-9)19(16,17)14-11(3-4-15)8-18-2/h5-7,11,14-15H,3-4,8,13H2,1-2H3. The number of nitrogen functional groups attached to an aromatic ring is 1. The van der Waals surface area contributed by atoms with Gasteiger partial charge in [-0.3, -0.25) is 0 Å². The van der Waals surface area contributed by atoms with Crippen LogP contribution in [0, 0.1) is 6.92 Å². The summed E-state index contributed by atoms with van der Waals surface area (Å²) in [5.41, 5.74) is 6.81. The highest BCUT2D eigenvalue weighted by Crippen LogP contribution is 2.16. The SMILES string of the molecule is COCC(CCO)NS(=O)(=O)c1cc(C)cc(N)c1. The number of aliphatic hydroxyl groups excluding tert-OH is 1. The minimum atomic E-state index is -3.67. The van der Waals surface area contributed by atoms with E-state index in [-0.39, 0.29) is 24.5 Å². The molecule has 1 aromatic rings.